The van der Waals surface area contributed by atoms with E-state index in [-0.39, 0.29) is 12.0 Å². The van der Waals surface area contributed by atoms with Gasteiger partial charge in [0.25, 0.3) is 0 Å². The van der Waals surface area contributed by atoms with Gasteiger partial charge in [-0.15, -0.1) is 0 Å². The van der Waals surface area contributed by atoms with Crippen LogP contribution in [-0.2, 0) is 4.79 Å². The molecule has 0 aromatic heterocycles. The van der Waals surface area contributed by atoms with Crippen LogP contribution in [0.4, 0.5) is 0 Å². The second-order valence-corrected chi connectivity index (χ2v) is 7.25. The van der Waals surface area contributed by atoms with E-state index in [9.17, 15) is 9.90 Å². The minimum atomic E-state index is -0.716. The number of nitrogens with zero attached hydrogens (tertiary/aromatic N) is 1. The summed E-state index contributed by atoms with van der Waals surface area (Å²) in [6, 6.07) is 13.4. The molecule has 1 N–H and O–H groups in total. The number of carboxylic acids is 1. The Morgan fingerprint density at radius 3 is 2.38 bits per heavy atom. The van der Waals surface area contributed by atoms with E-state index in [4.69, 9.17) is 27.9 Å². The first-order chi connectivity index (χ1) is 12.5. The van der Waals surface area contributed by atoms with E-state index in [1.165, 1.54) is 0 Å². The van der Waals surface area contributed by atoms with E-state index in [2.05, 4.69) is 4.90 Å². The van der Waals surface area contributed by atoms with Crippen LogP contribution in [0.25, 0.3) is 0 Å². The maximum Gasteiger partial charge on any atom is 0.306 e. The molecule has 1 aliphatic rings. The number of carboxylic acid groups (broad SMARTS) is 1. The highest BCUT2D eigenvalue weighted by atomic mass is 35.5. The van der Waals surface area contributed by atoms with Gasteiger partial charge < -0.3 is 9.84 Å². The second kappa shape index (κ2) is 8.30. The molecule has 138 valence electrons. The van der Waals surface area contributed by atoms with Crippen molar-refractivity contribution in [1.82, 2.24) is 4.90 Å². The van der Waals surface area contributed by atoms with Crippen LogP contribution < -0.4 is 4.74 Å². The number of piperidine rings is 1. The van der Waals surface area contributed by atoms with Gasteiger partial charge in [-0.3, -0.25) is 9.69 Å². The van der Waals surface area contributed by atoms with Gasteiger partial charge in [0.05, 0.1) is 29.1 Å². The molecule has 1 fully saturated rings. The molecular formula is C20H21Cl2NO3. The number of methoxy groups -OCH3 is 1. The van der Waals surface area contributed by atoms with Crippen LogP contribution in [-0.4, -0.2) is 36.2 Å². The number of aliphatic carboxylic acids is 1. The van der Waals surface area contributed by atoms with Gasteiger partial charge in [-0.2, -0.15) is 0 Å². The molecule has 0 bridgehead atoms. The molecule has 1 heterocycles. The minimum Gasteiger partial charge on any atom is -0.497 e. The van der Waals surface area contributed by atoms with E-state index in [0.29, 0.717) is 36.0 Å². The molecule has 0 saturated carbocycles. The van der Waals surface area contributed by atoms with Gasteiger partial charge in [-0.05, 0) is 55.3 Å². The summed E-state index contributed by atoms with van der Waals surface area (Å²) < 4.78 is 5.26. The third-order valence-electron chi connectivity index (χ3n) is 4.95. The summed E-state index contributed by atoms with van der Waals surface area (Å²) in [5.41, 5.74) is 2.00. The zero-order chi connectivity index (χ0) is 18.7. The number of benzene rings is 2. The number of carbonyl (C=O) groups is 1. The lowest BCUT2D eigenvalue weighted by Crippen LogP contribution is -2.39. The summed E-state index contributed by atoms with van der Waals surface area (Å²) in [5.74, 6) is -0.210. The molecule has 2 aromatic rings. The minimum absolute atomic E-state index is 0.0816. The fourth-order valence-electron chi connectivity index (χ4n) is 3.51. The Hall–Kier alpha value is -1.75. The third kappa shape index (κ3) is 3.98. The van der Waals surface area contributed by atoms with Gasteiger partial charge in [0.15, 0.2) is 0 Å². The first-order valence-electron chi connectivity index (χ1n) is 8.56. The van der Waals surface area contributed by atoms with Crippen LogP contribution in [0.3, 0.4) is 0 Å². The van der Waals surface area contributed by atoms with E-state index in [1.54, 1.807) is 13.2 Å². The van der Waals surface area contributed by atoms with E-state index >= 15 is 0 Å². The Labute approximate surface area is 163 Å². The molecule has 26 heavy (non-hydrogen) atoms. The van der Waals surface area contributed by atoms with Crippen molar-refractivity contribution in [3.05, 3.63) is 63.6 Å². The van der Waals surface area contributed by atoms with Gasteiger partial charge in [0.2, 0.25) is 0 Å². The fraction of sp³-hybridized carbons (Fsp3) is 0.350. The van der Waals surface area contributed by atoms with Gasteiger partial charge in [0.1, 0.15) is 5.75 Å². The maximum absolute atomic E-state index is 11.3. The lowest BCUT2D eigenvalue weighted by molar-refractivity contribution is -0.143. The number of rotatable bonds is 5. The fourth-order valence-corrected chi connectivity index (χ4v) is 3.92. The second-order valence-electron chi connectivity index (χ2n) is 6.47. The predicted molar refractivity (Wildman–Crippen MR) is 103 cm³/mol. The molecule has 2 aromatic carbocycles. The summed E-state index contributed by atoms with van der Waals surface area (Å²) in [6.07, 6.45) is 1.25. The van der Waals surface area contributed by atoms with Crippen molar-refractivity contribution in [1.29, 1.82) is 0 Å². The van der Waals surface area contributed by atoms with E-state index < -0.39 is 5.97 Å². The monoisotopic (exact) mass is 393 g/mol. The van der Waals surface area contributed by atoms with Crippen LogP contribution in [0.5, 0.6) is 5.75 Å². The highest BCUT2D eigenvalue weighted by Crippen LogP contribution is 2.38. The predicted octanol–water partition coefficient (Wildman–Crippen LogP) is 4.89. The van der Waals surface area contributed by atoms with Crippen molar-refractivity contribution >= 4 is 29.2 Å². The van der Waals surface area contributed by atoms with Crippen LogP contribution in [0, 0.1) is 5.92 Å². The first kappa shape index (κ1) is 19.0. The van der Waals surface area contributed by atoms with Crippen LogP contribution >= 0.6 is 23.2 Å². The summed E-state index contributed by atoms with van der Waals surface area (Å²) >= 11 is 12.8. The number of hydrogen-bond acceptors (Lipinski definition) is 3. The number of halogens is 2. The Bertz CT molecular complexity index is 771. The summed E-state index contributed by atoms with van der Waals surface area (Å²) in [7, 11) is 1.64. The molecule has 4 nitrogen and oxygen atoms in total. The van der Waals surface area contributed by atoms with Crippen LogP contribution in [0.1, 0.15) is 30.0 Å². The Morgan fingerprint density at radius 1 is 1.15 bits per heavy atom. The van der Waals surface area contributed by atoms with E-state index in [1.807, 2.05) is 36.4 Å². The standard InChI is InChI=1S/C20H21Cl2NO3/c1-26-15-7-5-13(6-8-15)19(16-3-2-4-17(21)18(16)22)23-11-9-14(10-12-23)20(24)25/h2-8,14,19H,9-12H2,1H3,(H,24,25). The Balaban J connectivity index is 1.96. The quantitative estimate of drug-likeness (QED) is 0.785. The van der Waals surface area contributed by atoms with Crippen molar-refractivity contribution < 1.29 is 14.6 Å². The summed E-state index contributed by atoms with van der Waals surface area (Å²) in [4.78, 5) is 13.5. The molecule has 1 atom stereocenters. The topological polar surface area (TPSA) is 49.8 Å². The lowest BCUT2D eigenvalue weighted by atomic mass is 9.91. The molecule has 0 aliphatic carbocycles. The summed E-state index contributed by atoms with van der Waals surface area (Å²) in [5, 5.41) is 10.3. The number of hydrogen-bond donors (Lipinski definition) is 1. The lowest BCUT2D eigenvalue weighted by Gasteiger charge is -2.37. The highest BCUT2D eigenvalue weighted by molar-refractivity contribution is 6.42. The van der Waals surface area contributed by atoms with Crippen molar-refractivity contribution in [2.75, 3.05) is 20.2 Å². The Kier molecular flexibility index (Phi) is 6.07. The average molecular weight is 394 g/mol. The van der Waals surface area contributed by atoms with Gasteiger partial charge in [0, 0.05) is 0 Å². The number of likely N-dealkylation sites (tertiary alicyclic amines) is 1. The van der Waals surface area contributed by atoms with E-state index in [0.717, 1.165) is 16.9 Å². The molecule has 6 heteroatoms. The van der Waals surface area contributed by atoms with Gasteiger partial charge in [-0.1, -0.05) is 47.5 Å². The van der Waals surface area contributed by atoms with Crippen molar-refractivity contribution in [3.8, 4) is 5.75 Å². The van der Waals surface area contributed by atoms with Gasteiger partial charge in [-0.25, -0.2) is 0 Å². The SMILES string of the molecule is COc1ccc(C(c2cccc(Cl)c2Cl)N2CCC(C(=O)O)CC2)cc1. The average Bonchev–Trinajstić information content (AvgIpc) is 2.66. The Morgan fingerprint density at radius 2 is 1.81 bits per heavy atom. The molecule has 1 saturated heterocycles. The normalized spacial score (nSPS) is 17.0. The number of ether oxygens (including phenoxy) is 1. The first-order valence-corrected chi connectivity index (χ1v) is 9.31. The van der Waals surface area contributed by atoms with Crippen molar-refractivity contribution in [2.24, 2.45) is 5.92 Å². The molecule has 0 spiro atoms. The zero-order valence-electron chi connectivity index (χ0n) is 14.5. The van der Waals surface area contributed by atoms with Crippen molar-refractivity contribution in [3.63, 3.8) is 0 Å². The van der Waals surface area contributed by atoms with Crippen molar-refractivity contribution in [2.45, 2.75) is 18.9 Å². The zero-order valence-corrected chi connectivity index (χ0v) is 16.0. The van der Waals surface area contributed by atoms with Crippen LogP contribution in [0.2, 0.25) is 10.0 Å². The largest absolute Gasteiger partial charge is 0.497 e. The molecular weight excluding hydrogens is 373 g/mol. The summed E-state index contributed by atoms with van der Waals surface area (Å²) in [6.45, 7) is 1.38. The molecule has 1 unspecified atom stereocenters. The highest BCUT2D eigenvalue weighted by Gasteiger charge is 2.31. The van der Waals surface area contributed by atoms with Gasteiger partial charge >= 0.3 is 5.97 Å². The smallest absolute Gasteiger partial charge is 0.306 e. The molecule has 1 aliphatic heterocycles. The van der Waals surface area contributed by atoms with Crippen LogP contribution in [0.15, 0.2) is 42.5 Å². The maximum atomic E-state index is 11.3. The third-order valence-corrected chi connectivity index (χ3v) is 5.79. The molecule has 0 amide bonds. The molecule has 0 radical (unpaired) electrons. The molecule has 3 rings (SSSR count).